The Kier molecular flexibility index (Phi) is 4.61. The Morgan fingerprint density at radius 3 is 2.54 bits per heavy atom. The highest BCUT2D eigenvalue weighted by atomic mass is 16.4. The lowest BCUT2D eigenvalue weighted by molar-refractivity contribution is 0.0697. The van der Waals surface area contributed by atoms with Gasteiger partial charge in [-0.1, -0.05) is 6.92 Å². The van der Waals surface area contributed by atoms with Crippen LogP contribution in [-0.2, 0) is 0 Å². The van der Waals surface area contributed by atoms with Crippen LogP contribution in [-0.4, -0.2) is 29.9 Å². The van der Waals surface area contributed by atoms with Crippen LogP contribution >= 0.6 is 0 Å². The smallest absolute Gasteiger partial charge is 0.335 e. The first-order valence-electron chi connectivity index (χ1n) is 8.95. The van der Waals surface area contributed by atoms with Gasteiger partial charge < -0.3 is 10.0 Å². The molecule has 4 nitrogen and oxygen atoms in total. The van der Waals surface area contributed by atoms with Crippen molar-refractivity contribution >= 4 is 23.6 Å². The third-order valence-corrected chi connectivity index (χ3v) is 5.49. The minimum absolute atomic E-state index is 0.153. The fourth-order valence-corrected chi connectivity index (χ4v) is 3.71. The number of aliphatic imine (C=N–C) groups is 1. The maximum absolute atomic E-state index is 10.9. The molecule has 0 saturated carbocycles. The normalized spacial score (nSPS) is 18.8. The number of carboxylic acids is 1. The van der Waals surface area contributed by atoms with E-state index in [-0.39, 0.29) is 11.1 Å². The van der Waals surface area contributed by atoms with Crippen LogP contribution in [0.15, 0.2) is 41.4 Å². The van der Waals surface area contributed by atoms with Crippen molar-refractivity contribution in [2.45, 2.75) is 45.6 Å². The lowest BCUT2D eigenvalue weighted by Crippen LogP contribution is -2.45. The van der Waals surface area contributed by atoms with E-state index in [1.54, 1.807) is 24.3 Å². The van der Waals surface area contributed by atoms with Gasteiger partial charge in [0, 0.05) is 24.5 Å². The van der Waals surface area contributed by atoms with Gasteiger partial charge in [0.05, 0.1) is 11.3 Å². The number of benzene rings is 2. The van der Waals surface area contributed by atoms with E-state index in [4.69, 9.17) is 5.11 Å². The summed E-state index contributed by atoms with van der Waals surface area (Å²) in [6.07, 6.45) is 2.99. The van der Waals surface area contributed by atoms with Gasteiger partial charge in [-0.3, -0.25) is 4.99 Å². The molecule has 26 heavy (non-hydrogen) atoms. The first-order valence-corrected chi connectivity index (χ1v) is 8.95. The molecule has 136 valence electrons. The molecule has 0 aliphatic carbocycles. The summed E-state index contributed by atoms with van der Waals surface area (Å²) >= 11 is 0. The molecule has 1 atom stereocenters. The fourth-order valence-electron chi connectivity index (χ4n) is 3.71. The standard InChI is InChI=1S/C22H26N2O2/c1-14-10-20-19(15(2)12-22(3,4)24(20)5)11-17(14)13-23-18-8-6-16(7-9-18)21(25)26/h6-11,13,15H,12H2,1-5H3,(H,25,26). The topological polar surface area (TPSA) is 52.9 Å². The van der Waals surface area contributed by atoms with Gasteiger partial charge in [-0.2, -0.15) is 0 Å². The predicted octanol–water partition coefficient (Wildman–Crippen LogP) is 5.17. The van der Waals surface area contributed by atoms with Gasteiger partial charge in [-0.05, 0) is 86.2 Å². The van der Waals surface area contributed by atoms with Crippen LogP contribution < -0.4 is 4.90 Å². The Morgan fingerprint density at radius 1 is 1.27 bits per heavy atom. The van der Waals surface area contributed by atoms with Crippen molar-refractivity contribution < 1.29 is 9.90 Å². The zero-order valence-electron chi connectivity index (χ0n) is 16.1. The van der Waals surface area contributed by atoms with Gasteiger partial charge in [-0.15, -0.1) is 0 Å². The summed E-state index contributed by atoms with van der Waals surface area (Å²) in [7, 11) is 2.17. The number of hydrogen-bond acceptors (Lipinski definition) is 3. The number of nitrogens with zero attached hydrogens (tertiary/aromatic N) is 2. The molecule has 2 aromatic carbocycles. The quantitative estimate of drug-likeness (QED) is 0.777. The summed E-state index contributed by atoms with van der Waals surface area (Å²) in [4.78, 5) is 17.8. The van der Waals surface area contributed by atoms with E-state index in [9.17, 15) is 4.79 Å². The van der Waals surface area contributed by atoms with Gasteiger partial charge in [0.2, 0.25) is 0 Å². The number of carboxylic acid groups (broad SMARTS) is 1. The van der Waals surface area contributed by atoms with Gasteiger partial charge in [0.25, 0.3) is 0 Å². The van der Waals surface area contributed by atoms with Crippen molar-refractivity contribution in [2.24, 2.45) is 4.99 Å². The zero-order valence-corrected chi connectivity index (χ0v) is 16.1. The number of carbonyl (C=O) groups is 1. The first kappa shape index (κ1) is 18.2. The minimum atomic E-state index is -0.924. The fraction of sp³-hybridized carbons (Fsp3) is 0.364. The molecule has 0 fully saturated rings. The number of anilines is 1. The molecule has 1 aliphatic rings. The van der Waals surface area contributed by atoms with Crippen molar-refractivity contribution in [1.29, 1.82) is 0 Å². The van der Waals surface area contributed by atoms with Crippen LogP contribution in [0.5, 0.6) is 0 Å². The van der Waals surface area contributed by atoms with E-state index >= 15 is 0 Å². The van der Waals surface area contributed by atoms with Gasteiger partial charge in [-0.25, -0.2) is 4.79 Å². The zero-order chi connectivity index (χ0) is 19.1. The van der Waals surface area contributed by atoms with E-state index in [2.05, 4.69) is 56.8 Å². The van der Waals surface area contributed by atoms with Crippen molar-refractivity contribution in [2.75, 3.05) is 11.9 Å². The van der Waals surface area contributed by atoms with Crippen LogP contribution in [0.1, 0.15) is 60.2 Å². The average Bonchev–Trinajstić information content (AvgIpc) is 2.58. The molecule has 4 heteroatoms. The van der Waals surface area contributed by atoms with Crippen molar-refractivity contribution in [3.05, 3.63) is 58.7 Å². The molecule has 2 aromatic rings. The third kappa shape index (κ3) is 3.36. The Bertz CT molecular complexity index is 866. The molecule has 0 bridgehead atoms. The molecule has 0 aromatic heterocycles. The van der Waals surface area contributed by atoms with E-state index in [1.165, 1.54) is 16.8 Å². The molecule has 3 rings (SSSR count). The molecule has 0 spiro atoms. The van der Waals surface area contributed by atoms with Gasteiger partial charge in [0.15, 0.2) is 0 Å². The Balaban J connectivity index is 1.92. The lowest BCUT2D eigenvalue weighted by Gasteiger charge is -2.45. The molecule has 1 aliphatic heterocycles. The highest BCUT2D eigenvalue weighted by Gasteiger charge is 2.34. The summed E-state index contributed by atoms with van der Waals surface area (Å²) in [5.74, 6) is -0.425. The van der Waals surface area contributed by atoms with Gasteiger partial charge in [0.1, 0.15) is 0 Å². The number of fused-ring (bicyclic) bond motifs is 1. The summed E-state index contributed by atoms with van der Waals surface area (Å²) in [5, 5.41) is 8.97. The lowest BCUT2D eigenvalue weighted by atomic mass is 9.79. The second-order valence-corrected chi connectivity index (χ2v) is 7.85. The summed E-state index contributed by atoms with van der Waals surface area (Å²) in [6, 6.07) is 11.1. The number of aryl methyl sites for hydroxylation is 1. The van der Waals surface area contributed by atoms with E-state index in [1.807, 2.05) is 6.21 Å². The van der Waals surface area contributed by atoms with Crippen molar-refractivity contribution in [1.82, 2.24) is 0 Å². The maximum atomic E-state index is 10.9. The molecule has 0 amide bonds. The first-order chi connectivity index (χ1) is 12.2. The molecular formula is C22H26N2O2. The second kappa shape index (κ2) is 6.60. The molecule has 1 heterocycles. The van der Waals surface area contributed by atoms with Crippen LogP contribution in [0.4, 0.5) is 11.4 Å². The molecule has 1 N–H and O–H groups in total. The summed E-state index contributed by atoms with van der Waals surface area (Å²) in [5.41, 5.74) is 6.12. The minimum Gasteiger partial charge on any atom is -0.478 e. The number of hydrogen-bond donors (Lipinski definition) is 1. The Labute approximate surface area is 155 Å². The summed E-state index contributed by atoms with van der Waals surface area (Å²) in [6.45, 7) is 8.97. The predicted molar refractivity (Wildman–Crippen MR) is 107 cm³/mol. The number of aromatic carboxylic acids is 1. The van der Waals surface area contributed by atoms with Crippen LogP contribution in [0.2, 0.25) is 0 Å². The largest absolute Gasteiger partial charge is 0.478 e. The maximum Gasteiger partial charge on any atom is 0.335 e. The van der Waals surface area contributed by atoms with Crippen LogP contribution in [0.25, 0.3) is 0 Å². The van der Waals surface area contributed by atoms with E-state index in [0.717, 1.165) is 17.7 Å². The monoisotopic (exact) mass is 350 g/mol. The van der Waals surface area contributed by atoms with E-state index in [0.29, 0.717) is 5.92 Å². The highest BCUT2D eigenvalue weighted by molar-refractivity contribution is 5.89. The molecule has 0 saturated heterocycles. The molecular weight excluding hydrogens is 324 g/mol. The third-order valence-electron chi connectivity index (χ3n) is 5.49. The van der Waals surface area contributed by atoms with Crippen molar-refractivity contribution in [3.8, 4) is 0 Å². The average molecular weight is 350 g/mol. The van der Waals surface area contributed by atoms with Crippen LogP contribution in [0, 0.1) is 6.92 Å². The summed E-state index contributed by atoms with van der Waals surface area (Å²) < 4.78 is 0. The highest BCUT2D eigenvalue weighted by Crippen LogP contribution is 2.43. The Hall–Kier alpha value is -2.62. The molecule has 0 radical (unpaired) electrons. The van der Waals surface area contributed by atoms with E-state index < -0.39 is 5.97 Å². The Morgan fingerprint density at radius 2 is 1.92 bits per heavy atom. The second-order valence-electron chi connectivity index (χ2n) is 7.85. The number of rotatable bonds is 3. The SMILES string of the molecule is Cc1cc2c(cc1C=Nc1ccc(C(=O)O)cc1)C(C)CC(C)(C)N2C. The molecule has 1 unspecified atom stereocenters. The van der Waals surface area contributed by atoms with Gasteiger partial charge >= 0.3 is 5.97 Å². The van der Waals surface area contributed by atoms with Crippen molar-refractivity contribution in [3.63, 3.8) is 0 Å². The van der Waals surface area contributed by atoms with Crippen LogP contribution in [0.3, 0.4) is 0 Å².